The van der Waals surface area contributed by atoms with Crippen molar-refractivity contribution in [3.8, 4) is 11.1 Å². The molecule has 0 atom stereocenters. The van der Waals surface area contributed by atoms with Gasteiger partial charge in [-0.15, -0.1) is 0 Å². The number of nitrogens with one attached hydrogen (secondary N) is 1. The molecule has 0 fully saturated rings. The van der Waals surface area contributed by atoms with Gasteiger partial charge in [-0.25, -0.2) is 13.8 Å². The minimum atomic E-state index is -2.88. The normalized spacial score (nSPS) is 14.6. The van der Waals surface area contributed by atoms with Crippen molar-refractivity contribution in [2.24, 2.45) is 0 Å². The van der Waals surface area contributed by atoms with Crippen LogP contribution in [0.15, 0.2) is 30.7 Å². The molecule has 0 saturated heterocycles. The van der Waals surface area contributed by atoms with Gasteiger partial charge >= 0.3 is 0 Å². The summed E-state index contributed by atoms with van der Waals surface area (Å²) >= 11 is 0. The average molecular weight is 275 g/mol. The Kier molecular flexibility index (Phi) is 3.12. The van der Waals surface area contributed by atoms with Crippen LogP contribution in [-0.4, -0.2) is 16.5 Å². The van der Waals surface area contributed by atoms with E-state index in [9.17, 15) is 8.78 Å². The van der Waals surface area contributed by atoms with E-state index in [2.05, 4.69) is 15.3 Å². The molecule has 1 aliphatic heterocycles. The summed E-state index contributed by atoms with van der Waals surface area (Å²) in [5.74, 6) is -1.99. The zero-order valence-electron chi connectivity index (χ0n) is 11.2. The highest BCUT2D eigenvalue weighted by Crippen LogP contribution is 2.31. The van der Waals surface area contributed by atoms with Gasteiger partial charge in [0.15, 0.2) is 0 Å². The van der Waals surface area contributed by atoms with Crippen LogP contribution < -0.4 is 5.32 Å². The van der Waals surface area contributed by atoms with E-state index in [0.29, 0.717) is 5.56 Å². The second-order valence-electron chi connectivity index (χ2n) is 5.11. The van der Waals surface area contributed by atoms with Gasteiger partial charge in [-0.1, -0.05) is 0 Å². The molecule has 2 aromatic rings. The Bertz CT molecular complexity index is 635. The summed E-state index contributed by atoms with van der Waals surface area (Å²) in [5.41, 5.74) is 2.55. The Balaban J connectivity index is 2.01. The molecule has 0 bridgehead atoms. The van der Waals surface area contributed by atoms with Gasteiger partial charge in [0.1, 0.15) is 5.82 Å². The summed E-state index contributed by atoms with van der Waals surface area (Å²) in [5, 5.41) is 3.23. The van der Waals surface area contributed by atoms with Crippen LogP contribution >= 0.6 is 0 Å². The minimum Gasteiger partial charge on any atom is -0.370 e. The molecule has 0 radical (unpaired) electrons. The second-order valence-corrected chi connectivity index (χ2v) is 5.11. The molecular formula is C15H15F2N3. The van der Waals surface area contributed by atoms with E-state index in [1.807, 2.05) is 6.07 Å². The van der Waals surface area contributed by atoms with Crippen molar-refractivity contribution in [2.75, 3.05) is 11.9 Å². The van der Waals surface area contributed by atoms with Crippen molar-refractivity contribution in [3.05, 3.63) is 41.9 Å². The molecule has 3 rings (SSSR count). The van der Waals surface area contributed by atoms with E-state index in [-0.39, 0.29) is 5.56 Å². The Labute approximate surface area is 116 Å². The van der Waals surface area contributed by atoms with Gasteiger partial charge < -0.3 is 5.32 Å². The molecule has 20 heavy (non-hydrogen) atoms. The van der Waals surface area contributed by atoms with Crippen LogP contribution in [0.5, 0.6) is 0 Å². The first-order valence-electron chi connectivity index (χ1n) is 6.60. The van der Waals surface area contributed by atoms with Crippen molar-refractivity contribution >= 4 is 5.82 Å². The lowest BCUT2D eigenvalue weighted by atomic mass is 10.0. The number of anilines is 1. The van der Waals surface area contributed by atoms with E-state index in [1.165, 1.54) is 12.3 Å². The molecule has 0 aliphatic carbocycles. The van der Waals surface area contributed by atoms with Gasteiger partial charge in [0.25, 0.3) is 5.92 Å². The molecule has 104 valence electrons. The molecule has 0 spiro atoms. The zero-order valence-corrected chi connectivity index (χ0v) is 11.2. The van der Waals surface area contributed by atoms with Crippen LogP contribution in [0, 0.1) is 0 Å². The first-order valence-corrected chi connectivity index (χ1v) is 6.60. The van der Waals surface area contributed by atoms with E-state index in [4.69, 9.17) is 0 Å². The van der Waals surface area contributed by atoms with Crippen molar-refractivity contribution in [1.29, 1.82) is 0 Å². The first-order chi connectivity index (χ1) is 9.54. The number of pyridine rings is 2. The summed E-state index contributed by atoms with van der Waals surface area (Å²) in [6.07, 6.45) is 6.52. The number of alkyl halides is 2. The fourth-order valence-corrected chi connectivity index (χ4v) is 2.34. The largest absolute Gasteiger partial charge is 0.370 e. The average Bonchev–Trinajstić information content (AvgIpc) is 2.46. The fraction of sp³-hybridized carbons (Fsp3) is 0.333. The van der Waals surface area contributed by atoms with Gasteiger partial charge in [0.05, 0.1) is 0 Å². The van der Waals surface area contributed by atoms with Crippen LogP contribution in [-0.2, 0) is 12.3 Å². The highest BCUT2D eigenvalue weighted by atomic mass is 19.3. The standard InChI is InChI=1S/C15H15F2N3/c1-15(16,17)13-6-12(7-18-9-13)11-5-10-3-2-4-19-14(10)20-8-11/h5-9H,2-4H2,1H3,(H,19,20). The number of halogens is 2. The number of fused-ring (bicyclic) bond motifs is 1. The number of aryl methyl sites for hydroxylation is 1. The van der Waals surface area contributed by atoms with Gasteiger partial charge in [0.2, 0.25) is 0 Å². The predicted molar refractivity (Wildman–Crippen MR) is 73.8 cm³/mol. The molecule has 3 nitrogen and oxygen atoms in total. The van der Waals surface area contributed by atoms with Gasteiger partial charge in [-0.3, -0.25) is 4.98 Å². The number of hydrogen-bond acceptors (Lipinski definition) is 3. The third-order valence-corrected chi connectivity index (χ3v) is 3.46. The number of hydrogen-bond donors (Lipinski definition) is 1. The van der Waals surface area contributed by atoms with Crippen molar-refractivity contribution in [2.45, 2.75) is 25.7 Å². The molecule has 0 aromatic carbocycles. The molecular weight excluding hydrogens is 260 g/mol. The third kappa shape index (κ3) is 2.48. The fourth-order valence-electron chi connectivity index (χ4n) is 2.34. The van der Waals surface area contributed by atoms with Crippen LogP contribution in [0.25, 0.3) is 11.1 Å². The first kappa shape index (κ1) is 13.0. The van der Waals surface area contributed by atoms with Gasteiger partial charge in [-0.05, 0) is 30.5 Å². The molecule has 3 heterocycles. The van der Waals surface area contributed by atoms with Gasteiger partial charge in [-0.2, -0.15) is 0 Å². The summed E-state index contributed by atoms with van der Waals surface area (Å²) in [4.78, 5) is 8.28. The Hall–Kier alpha value is -2.04. The number of aromatic nitrogens is 2. The smallest absolute Gasteiger partial charge is 0.272 e. The maximum Gasteiger partial charge on any atom is 0.272 e. The molecule has 1 N–H and O–H groups in total. The van der Waals surface area contributed by atoms with Gasteiger partial charge in [0, 0.05) is 48.7 Å². The summed E-state index contributed by atoms with van der Waals surface area (Å²) in [7, 11) is 0. The second kappa shape index (κ2) is 4.81. The van der Waals surface area contributed by atoms with E-state index >= 15 is 0 Å². The molecule has 1 aliphatic rings. The number of rotatable bonds is 2. The maximum atomic E-state index is 13.4. The van der Waals surface area contributed by atoms with Crippen LogP contribution in [0.4, 0.5) is 14.6 Å². The SMILES string of the molecule is CC(F)(F)c1cncc(-c2cnc3c(c2)CCCN3)c1. The molecule has 0 amide bonds. The topological polar surface area (TPSA) is 37.8 Å². The predicted octanol–water partition coefficient (Wildman–Crippen LogP) is 3.61. The quantitative estimate of drug-likeness (QED) is 0.909. The lowest BCUT2D eigenvalue weighted by Gasteiger charge is -2.17. The molecule has 2 aromatic heterocycles. The lowest BCUT2D eigenvalue weighted by Crippen LogP contribution is -2.13. The van der Waals surface area contributed by atoms with Crippen molar-refractivity contribution in [3.63, 3.8) is 0 Å². The Morgan fingerprint density at radius 1 is 1.15 bits per heavy atom. The minimum absolute atomic E-state index is 0.0779. The maximum absolute atomic E-state index is 13.4. The summed E-state index contributed by atoms with van der Waals surface area (Å²) in [6.45, 7) is 1.81. The highest BCUT2D eigenvalue weighted by molar-refractivity contribution is 5.66. The van der Waals surface area contributed by atoms with E-state index in [1.54, 1.807) is 12.4 Å². The molecule has 0 unspecified atom stereocenters. The van der Waals surface area contributed by atoms with E-state index < -0.39 is 5.92 Å². The summed E-state index contributed by atoms with van der Waals surface area (Å²) < 4.78 is 26.7. The summed E-state index contributed by atoms with van der Waals surface area (Å²) in [6, 6.07) is 3.48. The molecule has 0 saturated carbocycles. The van der Waals surface area contributed by atoms with Crippen LogP contribution in [0.1, 0.15) is 24.5 Å². The Morgan fingerprint density at radius 3 is 2.75 bits per heavy atom. The highest BCUT2D eigenvalue weighted by Gasteiger charge is 2.25. The van der Waals surface area contributed by atoms with E-state index in [0.717, 1.165) is 43.3 Å². The van der Waals surface area contributed by atoms with Crippen molar-refractivity contribution < 1.29 is 8.78 Å². The molecule has 5 heteroatoms. The van der Waals surface area contributed by atoms with Crippen LogP contribution in [0.3, 0.4) is 0 Å². The monoisotopic (exact) mass is 275 g/mol. The van der Waals surface area contributed by atoms with Crippen LogP contribution in [0.2, 0.25) is 0 Å². The lowest BCUT2D eigenvalue weighted by molar-refractivity contribution is 0.0171. The Morgan fingerprint density at radius 2 is 1.95 bits per heavy atom. The third-order valence-electron chi connectivity index (χ3n) is 3.46. The van der Waals surface area contributed by atoms with Crippen molar-refractivity contribution in [1.82, 2.24) is 9.97 Å². The number of nitrogens with zero attached hydrogens (tertiary/aromatic N) is 2. The zero-order chi connectivity index (χ0) is 14.2.